The molecule has 0 aliphatic carbocycles. The molecule has 6 nitrogen and oxygen atoms in total. The zero-order chi connectivity index (χ0) is 24.9. The van der Waals surface area contributed by atoms with Crippen LogP contribution >= 0.6 is 11.8 Å². The van der Waals surface area contributed by atoms with E-state index in [0.29, 0.717) is 10.7 Å². The Balaban J connectivity index is 1.39. The fourth-order valence-electron chi connectivity index (χ4n) is 3.93. The molecule has 4 aromatic rings. The summed E-state index contributed by atoms with van der Waals surface area (Å²) in [6, 6.07) is 17.7. The summed E-state index contributed by atoms with van der Waals surface area (Å²) in [5.74, 6) is -0.796. The van der Waals surface area contributed by atoms with Gasteiger partial charge in [0.15, 0.2) is 0 Å². The van der Waals surface area contributed by atoms with Gasteiger partial charge in [0.05, 0.1) is 12.3 Å². The lowest BCUT2D eigenvalue weighted by molar-refractivity contribution is -0.122. The second-order valence-corrected chi connectivity index (χ2v) is 9.26. The number of amides is 2. The molecule has 0 aliphatic heterocycles. The van der Waals surface area contributed by atoms with E-state index in [1.807, 2.05) is 57.2 Å². The molecule has 0 fully saturated rings. The van der Waals surface area contributed by atoms with Gasteiger partial charge in [0.2, 0.25) is 11.8 Å². The number of carbonyl (C=O) groups is 2. The minimum absolute atomic E-state index is 0.0877. The minimum atomic E-state index is -0.318. The van der Waals surface area contributed by atoms with Crippen LogP contribution in [0.3, 0.4) is 0 Å². The Hall–Kier alpha value is -3.78. The van der Waals surface area contributed by atoms with Crippen LogP contribution in [0.5, 0.6) is 0 Å². The zero-order valence-corrected chi connectivity index (χ0v) is 20.5. The molecule has 0 spiro atoms. The molecule has 0 atom stereocenters. The van der Waals surface area contributed by atoms with Crippen LogP contribution in [0.25, 0.3) is 22.0 Å². The predicted molar refractivity (Wildman–Crippen MR) is 138 cm³/mol. The van der Waals surface area contributed by atoms with Crippen molar-refractivity contribution in [2.75, 3.05) is 17.6 Å². The lowest BCUT2D eigenvalue weighted by atomic mass is 10.1. The number of aromatic nitrogens is 2. The predicted octanol–water partition coefficient (Wildman–Crippen LogP) is 5.21. The van der Waals surface area contributed by atoms with Crippen LogP contribution in [0.15, 0.2) is 65.7 Å². The van der Waals surface area contributed by atoms with Crippen molar-refractivity contribution in [2.24, 2.45) is 0 Å². The van der Waals surface area contributed by atoms with Crippen molar-refractivity contribution >= 4 is 40.0 Å². The number of nitrogens with zero attached hydrogens (tertiary/aromatic N) is 2. The molecule has 8 heteroatoms. The van der Waals surface area contributed by atoms with Gasteiger partial charge in [-0.3, -0.25) is 9.59 Å². The highest BCUT2D eigenvalue weighted by Gasteiger charge is 2.14. The molecule has 0 saturated heterocycles. The summed E-state index contributed by atoms with van der Waals surface area (Å²) in [5, 5.41) is 16.5. The average Bonchev–Trinajstić information content (AvgIpc) is 2.84. The molecule has 0 radical (unpaired) electrons. The number of anilines is 1. The van der Waals surface area contributed by atoms with Crippen LogP contribution in [0, 0.1) is 26.6 Å². The number of carbonyl (C=O) groups excluding carboxylic acids is 2. The SMILES string of the molecule is Cc1cc(C)c(NC(=O)CNC(=O)CSc2nnc(-c3ccc(F)cc3)c3ccccc23)c(C)c1. The largest absolute Gasteiger partial charge is 0.346 e. The fraction of sp³-hybridized carbons (Fsp3) is 0.185. The maximum Gasteiger partial charge on any atom is 0.243 e. The molecular weight excluding hydrogens is 463 g/mol. The summed E-state index contributed by atoms with van der Waals surface area (Å²) in [6.07, 6.45) is 0. The van der Waals surface area contributed by atoms with Gasteiger partial charge in [0.25, 0.3) is 0 Å². The Morgan fingerprint density at radius 1 is 0.886 bits per heavy atom. The number of benzene rings is 3. The lowest BCUT2D eigenvalue weighted by Gasteiger charge is -2.13. The zero-order valence-electron chi connectivity index (χ0n) is 19.7. The van der Waals surface area contributed by atoms with E-state index in [1.54, 1.807) is 12.1 Å². The van der Waals surface area contributed by atoms with Crippen molar-refractivity contribution < 1.29 is 14.0 Å². The number of thioether (sulfide) groups is 1. The van der Waals surface area contributed by atoms with E-state index in [9.17, 15) is 14.0 Å². The number of fused-ring (bicyclic) bond motifs is 1. The number of aryl methyl sites for hydroxylation is 3. The van der Waals surface area contributed by atoms with Crippen molar-refractivity contribution in [3.8, 4) is 11.3 Å². The van der Waals surface area contributed by atoms with E-state index in [-0.39, 0.29) is 29.9 Å². The number of rotatable bonds is 7. The molecule has 0 bridgehead atoms. The van der Waals surface area contributed by atoms with Crippen LogP contribution in [-0.2, 0) is 9.59 Å². The maximum absolute atomic E-state index is 13.3. The highest BCUT2D eigenvalue weighted by atomic mass is 32.2. The van der Waals surface area contributed by atoms with Crippen LogP contribution in [0.4, 0.5) is 10.1 Å². The lowest BCUT2D eigenvalue weighted by Crippen LogP contribution is -2.34. The number of hydrogen-bond acceptors (Lipinski definition) is 5. The first-order chi connectivity index (χ1) is 16.8. The van der Waals surface area contributed by atoms with Crippen LogP contribution in [0.2, 0.25) is 0 Å². The van der Waals surface area contributed by atoms with E-state index >= 15 is 0 Å². The smallest absolute Gasteiger partial charge is 0.243 e. The van der Waals surface area contributed by atoms with Crippen molar-refractivity contribution in [1.82, 2.24) is 15.5 Å². The standard InChI is InChI=1S/C27H25FN4O2S/c1-16-12-17(2)25(18(3)13-16)30-23(33)14-29-24(34)15-35-27-22-7-5-4-6-21(22)26(31-32-27)19-8-10-20(28)11-9-19/h4-13H,14-15H2,1-3H3,(H,29,34)(H,30,33). The minimum Gasteiger partial charge on any atom is -0.346 e. The molecule has 35 heavy (non-hydrogen) atoms. The Labute approximate surface area is 207 Å². The second-order valence-electron chi connectivity index (χ2n) is 8.29. The van der Waals surface area contributed by atoms with Crippen LogP contribution in [-0.4, -0.2) is 34.3 Å². The molecule has 1 heterocycles. The molecule has 1 aromatic heterocycles. The third-order valence-electron chi connectivity index (χ3n) is 5.50. The summed E-state index contributed by atoms with van der Waals surface area (Å²) in [6.45, 7) is 5.77. The average molecular weight is 489 g/mol. The first-order valence-corrected chi connectivity index (χ1v) is 12.1. The topological polar surface area (TPSA) is 84.0 Å². The monoisotopic (exact) mass is 488 g/mol. The van der Waals surface area contributed by atoms with E-state index < -0.39 is 0 Å². The van der Waals surface area contributed by atoms with Gasteiger partial charge in [-0.25, -0.2) is 4.39 Å². The summed E-state index contributed by atoms with van der Waals surface area (Å²) >= 11 is 1.25. The van der Waals surface area contributed by atoms with Gasteiger partial charge in [0, 0.05) is 22.0 Å². The molecule has 2 N–H and O–H groups in total. The Morgan fingerprint density at radius 2 is 1.54 bits per heavy atom. The normalized spacial score (nSPS) is 10.9. The quantitative estimate of drug-likeness (QED) is 0.349. The van der Waals surface area contributed by atoms with E-state index in [2.05, 4.69) is 20.8 Å². The van der Waals surface area contributed by atoms with Gasteiger partial charge in [0.1, 0.15) is 16.5 Å². The Kier molecular flexibility index (Phi) is 7.41. The highest BCUT2D eigenvalue weighted by molar-refractivity contribution is 8.00. The first-order valence-electron chi connectivity index (χ1n) is 11.1. The van der Waals surface area contributed by atoms with Crippen molar-refractivity contribution in [1.29, 1.82) is 0 Å². The van der Waals surface area contributed by atoms with Gasteiger partial charge >= 0.3 is 0 Å². The maximum atomic E-state index is 13.3. The summed E-state index contributed by atoms with van der Waals surface area (Å²) in [4.78, 5) is 24.8. The third-order valence-corrected chi connectivity index (χ3v) is 6.48. The number of halogens is 1. The molecule has 0 aliphatic rings. The van der Waals surface area contributed by atoms with E-state index in [4.69, 9.17) is 0 Å². The highest BCUT2D eigenvalue weighted by Crippen LogP contribution is 2.31. The first kappa shape index (κ1) is 24.3. The molecule has 178 valence electrons. The van der Waals surface area contributed by atoms with Gasteiger partial charge in [-0.2, -0.15) is 0 Å². The Morgan fingerprint density at radius 3 is 2.23 bits per heavy atom. The molecule has 3 aromatic carbocycles. The van der Waals surface area contributed by atoms with Crippen molar-refractivity contribution in [3.63, 3.8) is 0 Å². The van der Waals surface area contributed by atoms with Gasteiger partial charge in [-0.15, -0.1) is 10.2 Å². The van der Waals surface area contributed by atoms with Gasteiger partial charge in [-0.1, -0.05) is 53.7 Å². The molecule has 4 rings (SSSR count). The summed E-state index contributed by atoms with van der Waals surface area (Å²) in [5.41, 5.74) is 5.26. The second kappa shape index (κ2) is 10.7. The van der Waals surface area contributed by atoms with E-state index in [0.717, 1.165) is 38.7 Å². The molecule has 2 amide bonds. The number of hydrogen-bond donors (Lipinski definition) is 2. The van der Waals surface area contributed by atoms with Crippen LogP contribution < -0.4 is 10.6 Å². The van der Waals surface area contributed by atoms with Crippen molar-refractivity contribution in [3.05, 3.63) is 83.2 Å². The van der Waals surface area contributed by atoms with Gasteiger partial charge in [-0.05, 0) is 56.2 Å². The molecule has 0 unspecified atom stereocenters. The summed E-state index contributed by atoms with van der Waals surface area (Å²) in [7, 11) is 0. The fourth-order valence-corrected chi connectivity index (χ4v) is 4.73. The Bertz CT molecular complexity index is 1380. The number of nitrogens with one attached hydrogen (secondary N) is 2. The molecular formula is C27H25FN4O2S. The summed E-state index contributed by atoms with van der Waals surface area (Å²) < 4.78 is 13.3. The molecule has 0 saturated carbocycles. The van der Waals surface area contributed by atoms with Crippen LogP contribution in [0.1, 0.15) is 16.7 Å². The van der Waals surface area contributed by atoms with Gasteiger partial charge < -0.3 is 10.6 Å². The third kappa shape index (κ3) is 5.84. The van der Waals surface area contributed by atoms with Crippen molar-refractivity contribution in [2.45, 2.75) is 25.8 Å². The van der Waals surface area contributed by atoms with E-state index in [1.165, 1.54) is 23.9 Å².